The zero-order valence-corrected chi connectivity index (χ0v) is 14.4. The van der Waals surface area contributed by atoms with Crippen LogP contribution < -0.4 is 5.32 Å². The fourth-order valence-corrected chi connectivity index (χ4v) is 2.92. The van der Waals surface area contributed by atoms with E-state index in [0.717, 1.165) is 30.6 Å². The number of unbranched alkanes of at least 4 members (excludes halogenated alkanes) is 1. The van der Waals surface area contributed by atoms with E-state index in [1.54, 1.807) is 0 Å². The second kappa shape index (κ2) is 8.28. The molecule has 2 nitrogen and oxygen atoms in total. The number of carbonyl (C=O) groups excluding carboxylic acids is 1. The van der Waals surface area contributed by atoms with Crippen molar-refractivity contribution >= 4 is 21.8 Å². The number of hydrogen-bond donors (Lipinski definition) is 1. The van der Waals surface area contributed by atoms with E-state index in [-0.39, 0.29) is 17.2 Å². The van der Waals surface area contributed by atoms with Crippen LogP contribution in [-0.2, 0) is 4.79 Å². The van der Waals surface area contributed by atoms with Crippen LogP contribution in [0, 0.1) is 17.3 Å². The molecule has 0 unspecified atom stereocenters. The fraction of sp³-hybridized carbons (Fsp3) is 0.938. The molecular weight excluding hydrogens is 302 g/mol. The molecule has 19 heavy (non-hydrogen) atoms. The fourth-order valence-electron chi connectivity index (χ4n) is 2.72. The van der Waals surface area contributed by atoms with E-state index in [2.05, 4.69) is 42.0 Å². The van der Waals surface area contributed by atoms with Gasteiger partial charge in [0.05, 0.1) is 0 Å². The molecule has 1 N–H and O–H groups in total. The lowest BCUT2D eigenvalue weighted by Gasteiger charge is -2.29. The molecule has 1 saturated carbocycles. The van der Waals surface area contributed by atoms with Crippen LogP contribution in [0.25, 0.3) is 0 Å². The highest BCUT2D eigenvalue weighted by atomic mass is 79.9. The van der Waals surface area contributed by atoms with Crippen LogP contribution in [0.3, 0.4) is 0 Å². The van der Waals surface area contributed by atoms with Gasteiger partial charge in [0.25, 0.3) is 0 Å². The highest BCUT2D eigenvalue weighted by molar-refractivity contribution is 9.09. The number of rotatable bonds is 7. The van der Waals surface area contributed by atoms with Gasteiger partial charge in [-0.25, -0.2) is 0 Å². The average molecular weight is 332 g/mol. The van der Waals surface area contributed by atoms with Crippen LogP contribution in [0.1, 0.15) is 65.7 Å². The van der Waals surface area contributed by atoms with Crippen molar-refractivity contribution in [1.82, 2.24) is 5.32 Å². The molecule has 0 radical (unpaired) electrons. The maximum atomic E-state index is 12.2. The summed E-state index contributed by atoms with van der Waals surface area (Å²) in [6, 6.07) is 0. The molecule has 112 valence electrons. The maximum Gasteiger partial charge on any atom is 0.223 e. The summed E-state index contributed by atoms with van der Waals surface area (Å²) in [5.41, 5.74) is 0.147. The first kappa shape index (κ1) is 17.0. The molecule has 0 aromatic heterocycles. The normalized spacial score (nSPS) is 24.2. The Morgan fingerprint density at radius 3 is 2.42 bits per heavy atom. The standard InChI is InChI=1S/C16H30BrNO/c1-4-5-6-13-7-9-14(10-8-13)15(19)18-12-16(2,3)11-17/h13-14H,4-12H2,1-3H3,(H,18,19). The number of carbonyl (C=O) groups is 1. The highest BCUT2D eigenvalue weighted by Gasteiger charge is 2.27. The van der Waals surface area contributed by atoms with Gasteiger partial charge in [-0.05, 0) is 37.0 Å². The Kier molecular flexibility index (Phi) is 7.41. The summed E-state index contributed by atoms with van der Waals surface area (Å²) >= 11 is 3.50. The molecule has 0 bridgehead atoms. The van der Waals surface area contributed by atoms with Crippen molar-refractivity contribution < 1.29 is 4.79 Å². The van der Waals surface area contributed by atoms with Gasteiger partial charge in [-0.1, -0.05) is 56.0 Å². The summed E-state index contributed by atoms with van der Waals surface area (Å²) in [6.45, 7) is 7.37. The summed E-state index contributed by atoms with van der Waals surface area (Å²) in [4.78, 5) is 12.2. The zero-order chi connectivity index (χ0) is 14.3. The summed E-state index contributed by atoms with van der Waals surface area (Å²) in [6.07, 6.45) is 8.69. The van der Waals surface area contributed by atoms with Crippen molar-refractivity contribution in [2.24, 2.45) is 17.3 Å². The van der Waals surface area contributed by atoms with Crippen LogP contribution in [0.2, 0.25) is 0 Å². The average Bonchev–Trinajstić information content (AvgIpc) is 2.43. The van der Waals surface area contributed by atoms with Crippen LogP contribution in [-0.4, -0.2) is 17.8 Å². The lowest BCUT2D eigenvalue weighted by atomic mass is 9.79. The number of hydrogen-bond acceptors (Lipinski definition) is 1. The van der Waals surface area contributed by atoms with E-state index < -0.39 is 0 Å². The van der Waals surface area contributed by atoms with Crippen molar-refractivity contribution in [3.8, 4) is 0 Å². The van der Waals surface area contributed by atoms with E-state index in [1.807, 2.05) is 0 Å². The number of halogens is 1. The van der Waals surface area contributed by atoms with Crippen LogP contribution >= 0.6 is 15.9 Å². The van der Waals surface area contributed by atoms with Gasteiger partial charge < -0.3 is 5.32 Å². The number of alkyl halides is 1. The summed E-state index contributed by atoms with van der Waals surface area (Å²) in [5.74, 6) is 1.43. The molecule has 0 heterocycles. The largest absolute Gasteiger partial charge is 0.355 e. The number of amides is 1. The molecule has 0 aliphatic heterocycles. The molecule has 1 amide bonds. The van der Waals surface area contributed by atoms with Gasteiger partial charge in [0.2, 0.25) is 5.91 Å². The highest BCUT2D eigenvalue weighted by Crippen LogP contribution is 2.32. The van der Waals surface area contributed by atoms with Crippen molar-refractivity contribution in [2.75, 3.05) is 11.9 Å². The first-order chi connectivity index (χ1) is 8.98. The molecule has 0 spiro atoms. The Labute approximate surface area is 127 Å². The van der Waals surface area contributed by atoms with E-state index in [1.165, 1.54) is 32.1 Å². The molecule has 1 fully saturated rings. The molecule has 1 rings (SSSR count). The van der Waals surface area contributed by atoms with Crippen LogP contribution in [0.15, 0.2) is 0 Å². The first-order valence-corrected chi connectivity index (χ1v) is 8.94. The molecule has 1 aliphatic carbocycles. The molecule has 0 atom stereocenters. The van der Waals surface area contributed by atoms with Crippen molar-refractivity contribution in [2.45, 2.75) is 65.7 Å². The topological polar surface area (TPSA) is 29.1 Å². The van der Waals surface area contributed by atoms with Crippen molar-refractivity contribution in [1.29, 1.82) is 0 Å². The van der Waals surface area contributed by atoms with Gasteiger partial charge in [-0.3, -0.25) is 4.79 Å². The van der Waals surface area contributed by atoms with Gasteiger partial charge in [-0.2, -0.15) is 0 Å². The minimum absolute atomic E-state index is 0.147. The van der Waals surface area contributed by atoms with E-state index in [0.29, 0.717) is 0 Å². The summed E-state index contributed by atoms with van der Waals surface area (Å²) in [5, 5.41) is 4.05. The zero-order valence-electron chi connectivity index (χ0n) is 12.8. The van der Waals surface area contributed by atoms with Gasteiger partial charge in [0.1, 0.15) is 0 Å². The third kappa shape index (κ3) is 6.29. The van der Waals surface area contributed by atoms with Gasteiger partial charge >= 0.3 is 0 Å². The third-order valence-electron chi connectivity index (χ3n) is 4.29. The smallest absolute Gasteiger partial charge is 0.223 e. The molecule has 1 aliphatic rings. The SMILES string of the molecule is CCCCC1CCC(C(=O)NCC(C)(C)CBr)CC1. The van der Waals surface area contributed by atoms with Gasteiger partial charge in [0.15, 0.2) is 0 Å². The van der Waals surface area contributed by atoms with Gasteiger partial charge in [-0.15, -0.1) is 0 Å². The molecule has 0 aromatic carbocycles. The first-order valence-electron chi connectivity index (χ1n) is 7.82. The summed E-state index contributed by atoms with van der Waals surface area (Å²) in [7, 11) is 0. The Morgan fingerprint density at radius 1 is 1.26 bits per heavy atom. The Balaban J connectivity index is 2.25. The second-order valence-corrected chi connectivity index (χ2v) is 7.44. The Morgan fingerprint density at radius 2 is 1.89 bits per heavy atom. The predicted molar refractivity (Wildman–Crippen MR) is 85.6 cm³/mol. The monoisotopic (exact) mass is 331 g/mol. The second-order valence-electron chi connectivity index (χ2n) is 6.88. The lowest BCUT2D eigenvalue weighted by Crippen LogP contribution is -2.39. The maximum absolute atomic E-state index is 12.2. The van der Waals surface area contributed by atoms with Crippen molar-refractivity contribution in [3.63, 3.8) is 0 Å². The Bertz CT molecular complexity index is 270. The summed E-state index contributed by atoms with van der Waals surface area (Å²) < 4.78 is 0. The van der Waals surface area contributed by atoms with E-state index >= 15 is 0 Å². The van der Waals surface area contributed by atoms with Gasteiger partial charge in [0, 0.05) is 17.8 Å². The Hall–Kier alpha value is -0.0500. The van der Waals surface area contributed by atoms with Crippen molar-refractivity contribution in [3.05, 3.63) is 0 Å². The quantitative estimate of drug-likeness (QED) is 0.682. The van der Waals surface area contributed by atoms with E-state index in [9.17, 15) is 4.79 Å². The predicted octanol–water partition coefficient (Wildman–Crippen LogP) is 4.52. The van der Waals surface area contributed by atoms with E-state index in [4.69, 9.17) is 0 Å². The lowest BCUT2D eigenvalue weighted by molar-refractivity contribution is -0.126. The number of nitrogens with one attached hydrogen (secondary N) is 1. The van der Waals surface area contributed by atoms with Crippen LogP contribution in [0.5, 0.6) is 0 Å². The molecule has 0 aromatic rings. The minimum atomic E-state index is 0.147. The molecule has 3 heteroatoms. The van der Waals surface area contributed by atoms with Crippen LogP contribution in [0.4, 0.5) is 0 Å². The minimum Gasteiger partial charge on any atom is -0.355 e. The molecule has 0 saturated heterocycles. The molecular formula is C16H30BrNO. The third-order valence-corrected chi connectivity index (χ3v) is 5.80.